The van der Waals surface area contributed by atoms with E-state index in [0.29, 0.717) is 35.2 Å². The molecule has 0 bridgehead atoms. The highest BCUT2D eigenvalue weighted by Crippen LogP contribution is 2.45. The van der Waals surface area contributed by atoms with Crippen molar-refractivity contribution < 1.29 is 19.4 Å². The molecule has 0 spiro atoms. The normalized spacial score (nSPS) is 19.5. The summed E-state index contributed by atoms with van der Waals surface area (Å²) in [7, 11) is 1.94. The zero-order chi connectivity index (χ0) is 23.3. The molecule has 0 radical (unpaired) electrons. The molecular formula is C25H21ClN2O4S. The Morgan fingerprint density at radius 3 is 2.73 bits per heavy atom. The number of Topliss-reactive ketones (excluding diaryl/α,β-unsaturated/α-hetero) is 1. The molecule has 0 saturated carbocycles. The minimum Gasteiger partial charge on any atom is -0.507 e. The van der Waals surface area contributed by atoms with Crippen molar-refractivity contribution in [2.75, 3.05) is 30.0 Å². The van der Waals surface area contributed by atoms with E-state index in [4.69, 9.17) is 16.3 Å². The van der Waals surface area contributed by atoms with Crippen LogP contribution in [0.1, 0.15) is 22.0 Å². The number of rotatable bonds is 3. The molecule has 1 atom stereocenters. The van der Waals surface area contributed by atoms with Crippen LogP contribution in [0.4, 0.5) is 11.4 Å². The number of ketones is 1. The summed E-state index contributed by atoms with van der Waals surface area (Å²) in [5.41, 5.74) is 2.69. The molecule has 2 aliphatic rings. The third-order valence-electron chi connectivity index (χ3n) is 6.02. The van der Waals surface area contributed by atoms with Gasteiger partial charge in [-0.1, -0.05) is 23.7 Å². The van der Waals surface area contributed by atoms with Gasteiger partial charge >= 0.3 is 0 Å². The van der Waals surface area contributed by atoms with Gasteiger partial charge in [-0.2, -0.15) is 0 Å². The monoisotopic (exact) mass is 480 g/mol. The molecule has 6 nitrogen and oxygen atoms in total. The van der Waals surface area contributed by atoms with Gasteiger partial charge in [0.25, 0.3) is 11.7 Å². The number of thiophene rings is 1. The lowest BCUT2D eigenvalue weighted by molar-refractivity contribution is -0.132. The van der Waals surface area contributed by atoms with E-state index in [9.17, 15) is 14.7 Å². The van der Waals surface area contributed by atoms with Gasteiger partial charge < -0.3 is 14.7 Å². The number of carbonyl (C=O) groups is 2. The molecule has 1 N–H and O–H groups in total. The molecule has 168 valence electrons. The molecular weight excluding hydrogens is 460 g/mol. The summed E-state index contributed by atoms with van der Waals surface area (Å²) in [6.07, 6.45) is 0. The number of anilines is 2. The molecule has 2 aromatic carbocycles. The summed E-state index contributed by atoms with van der Waals surface area (Å²) >= 11 is 7.74. The van der Waals surface area contributed by atoms with Crippen LogP contribution in [0.15, 0.2) is 59.5 Å². The van der Waals surface area contributed by atoms with Crippen LogP contribution in [0.2, 0.25) is 5.02 Å². The smallest absolute Gasteiger partial charge is 0.300 e. The number of carbonyl (C=O) groups excluding carboxylic acids is 2. The summed E-state index contributed by atoms with van der Waals surface area (Å²) in [6.45, 7) is 3.16. The second kappa shape index (κ2) is 8.24. The summed E-state index contributed by atoms with van der Waals surface area (Å²) < 4.78 is 5.69. The number of benzene rings is 2. The summed E-state index contributed by atoms with van der Waals surface area (Å²) in [4.78, 5) is 30.7. The maximum atomic E-state index is 13.2. The van der Waals surface area contributed by atoms with E-state index in [1.54, 1.807) is 30.3 Å². The van der Waals surface area contributed by atoms with Gasteiger partial charge in [-0.3, -0.25) is 14.5 Å². The Morgan fingerprint density at radius 2 is 2.00 bits per heavy atom. The summed E-state index contributed by atoms with van der Waals surface area (Å²) in [5, 5.41) is 13.7. The average molecular weight is 481 g/mol. The van der Waals surface area contributed by atoms with Gasteiger partial charge in [-0.25, -0.2) is 0 Å². The number of halogens is 1. The highest BCUT2D eigenvalue weighted by atomic mass is 35.5. The molecule has 1 amide bonds. The molecule has 1 unspecified atom stereocenters. The van der Waals surface area contributed by atoms with E-state index in [0.717, 1.165) is 16.1 Å². The van der Waals surface area contributed by atoms with Crippen LogP contribution in [-0.4, -0.2) is 37.0 Å². The van der Waals surface area contributed by atoms with Gasteiger partial charge in [-0.15, -0.1) is 11.3 Å². The SMILES string of the molecule is Cc1ccc(N2C(=O)C(=O)/C(=C(\O)c3ccc4c(c3)N(C)CCO4)C2c2cccs2)cc1Cl. The highest BCUT2D eigenvalue weighted by molar-refractivity contribution is 7.10. The van der Waals surface area contributed by atoms with Gasteiger partial charge in [0, 0.05) is 28.2 Å². The number of hydrogen-bond acceptors (Lipinski definition) is 6. The fourth-order valence-electron chi connectivity index (χ4n) is 4.20. The van der Waals surface area contributed by atoms with Gasteiger partial charge in [0.15, 0.2) is 0 Å². The Kier molecular flexibility index (Phi) is 5.38. The molecule has 3 aromatic rings. The lowest BCUT2D eigenvalue weighted by Crippen LogP contribution is -2.29. The first-order chi connectivity index (χ1) is 15.9. The Labute approximate surface area is 200 Å². The predicted octanol–water partition coefficient (Wildman–Crippen LogP) is 5.16. The molecule has 2 aliphatic heterocycles. The molecule has 5 rings (SSSR count). The fraction of sp³-hybridized carbons (Fsp3) is 0.200. The second-order valence-corrected chi connectivity index (χ2v) is 9.46. The molecule has 33 heavy (non-hydrogen) atoms. The molecule has 3 heterocycles. The standard InChI is InChI=1S/C25H21ClN2O4S/c1-14-5-7-16(13-17(14)26)28-22(20-4-3-11-33-20)21(24(30)25(28)31)23(29)15-6-8-19-18(12-15)27(2)9-10-32-19/h3-8,11-13,22,29H,9-10H2,1-2H3/b23-21-. The molecule has 1 aromatic heterocycles. The highest BCUT2D eigenvalue weighted by Gasteiger charge is 2.47. The third-order valence-corrected chi connectivity index (χ3v) is 7.35. The van der Waals surface area contributed by atoms with E-state index in [1.807, 2.05) is 42.5 Å². The number of aryl methyl sites for hydroxylation is 1. The van der Waals surface area contributed by atoms with Gasteiger partial charge in [0.05, 0.1) is 17.8 Å². The van der Waals surface area contributed by atoms with Crippen molar-refractivity contribution in [2.45, 2.75) is 13.0 Å². The first-order valence-electron chi connectivity index (χ1n) is 10.5. The van der Waals surface area contributed by atoms with E-state index in [2.05, 4.69) is 0 Å². The van der Waals surface area contributed by atoms with Crippen LogP contribution in [0.25, 0.3) is 5.76 Å². The fourth-order valence-corrected chi connectivity index (χ4v) is 5.20. The summed E-state index contributed by atoms with van der Waals surface area (Å²) in [6, 6.07) is 13.5. The van der Waals surface area contributed by atoms with E-state index in [-0.39, 0.29) is 11.3 Å². The van der Waals surface area contributed by atoms with Crippen molar-refractivity contribution >= 4 is 51.8 Å². The van der Waals surface area contributed by atoms with Crippen molar-refractivity contribution in [2.24, 2.45) is 0 Å². The second-order valence-electron chi connectivity index (χ2n) is 8.07. The molecule has 0 aliphatic carbocycles. The van der Waals surface area contributed by atoms with E-state index in [1.165, 1.54) is 16.2 Å². The Bertz CT molecular complexity index is 1300. The predicted molar refractivity (Wildman–Crippen MR) is 130 cm³/mol. The zero-order valence-electron chi connectivity index (χ0n) is 18.0. The number of hydrogen-bond donors (Lipinski definition) is 1. The number of aliphatic hydroxyl groups excluding tert-OH is 1. The maximum Gasteiger partial charge on any atom is 0.300 e. The maximum absolute atomic E-state index is 13.2. The minimum atomic E-state index is -0.756. The molecule has 1 saturated heterocycles. The topological polar surface area (TPSA) is 70.1 Å². The van der Waals surface area contributed by atoms with E-state index < -0.39 is 17.7 Å². The van der Waals surface area contributed by atoms with Crippen LogP contribution >= 0.6 is 22.9 Å². The first-order valence-corrected chi connectivity index (χ1v) is 11.7. The van der Waals surface area contributed by atoms with E-state index >= 15 is 0 Å². The number of ether oxygens (including phenoxy) is 1. The van der Waals surface area contributed by atoms with Crippen LogP contribution in [0, 0.1) is 6.92 Å². The quantitative estimate of drug-likeness (QED) is 0.318. The van der Waals surface area contributed by atoms with Crippen molar-refractivity contribution in [3.05, 3.63) is 80.5 Å². The first kappa shape index (κ1) is 21.6. The molecule has 8 heteroatoms. The van der Waals surface area contributed by atoms with Crippen LogP contribution < -0.4 is 14.5 Å². The zero-order valence-corrected chi connectivity index (χ0v) is 19.6. The Morgan fingerprint density at radius 1 is 1.18 bits per heavy atom. The Hall–Kier alpha value is -3.29. The van der Waals surface area contributed by atoms with Crippen LogP contribution in [-0.2, 0) is 9.59 Å². The van der Waals surface area contributed by atoms with Gasteiger partial charge in [0.2, 0.25) is 0 Å². The van der Waals surface area contributed by atoms with Crippen LogP contribution in [0.3, 0.4) is 0 Å². The number of likely N-dealkylation sites (N-methyl/N-ethyl adjacent to an activating group) is 1. The van der Waals surface area contributed by atoms with Gasteiger partial charge in [0.1, 0.15) is 24.2 Å². The number of aliphatic hydroxyl groups is 1. The van der Waals surface area contributed by atoms with Crippen LogP contribution in [0.5, 0.6) is 5.75 Å². The van der Waals surface area contributed by atoms with Crippen molar-refractivity contribution in [1.29, 1.82) is 0 Å². The lowest BCUT2D eigenvalue weighted by atomic mass is 9.99. The largest absolute Gasteiger partial charge is 0.507 e. The van der Waals surface area contributed by atoms with Crippen molar-refractivity contribution in [3.8, 4) is 5.75 Å². The van der Waals surface area contributed by atoms with Gasteiger partial charge in [-0.05, 0) is 54.3 Å². The van der Waals surface area contributed by atoms with Crippen molar-refractivity contribution in [1.82, 2.24) is 0 Å². The Balaban J connectivity index is 1.68. The summed E-state index contributed by atoms with van der Waals surface area (Å²) in [5.74, 6) is -0.933. The number of nitrogens with zero attached hydrogens (tertiary/aromatic N) is 2. The number of amides is 1. The lowest BCUT2D eigenvalue weighted by Gasteiger charge is -2.28. The third kappa shape index (κ3) is 3.57. The van der Waals surface area contributed by atoms with Crippen molar-refractivity contribution in [3.63, 3.8) is 0 Å². The average Bonchev–Trinajstić information content (AvgIpc) is 3.42. The molecule has 1 fully saturated rings. The minimum absolute atomic E-state index is 0.0541. The number of fused-ring (bicyclic) bond motifs is 1.